The fourth-order valence-corrected chi connectivity index (χ4v) is 3.21. The summed E-state index contributed by atoms with van der Waals surface area (Å²) in [6, 6.07) is 17.5. The molecule has 0 aliphatic heterocycles. The first-order valence-corrected chi connectivity index (χ1v) is 7.68. The summed E-state index contributed by atoms with van der Waals surface area (Å²) in [5.41, 5.74) is 12.1. The molecule has 0 bridgehead atoms. The summed E-state index contributed by atoms with van der Waals surface area (Å²) in [4.78, 5) is 0. The van der Waals surface area contributed by atoms with Gasteiger partial charge in [0.1, 0.15) is 0 Å². The van der Waals surface area contributed by atoms with Crippen LogP contribution in [0.1, 0.15) is 54.0 Å². The van der Waals surface area contributed by atoms with Crippen molar-refractivity contribution in [1.29, 1.82) is 0 Å². The van der Waals surface area contributed by atoms with Crippen molar-refractivity contribution in [3.8, 4) is 0 Å². The van der Waals surface area contributed by atoms with Crippen molar-refractivity contribution in [1.82, 2.24) is 0 Å². The van der Waals surface area contributed by atoms with E-state index in [2.05, 4.69) is 55.5 Å². The van der Waals surface area contributed by atoms with Crippen LogP contribution < -0.4 is 5.73 Å². The molecule has 1 aliphatic rings. The van der Waals surface area contributed by atoms with E-state index in [1.165, 1.54) is 47.9 Å². The summed E-state index contributed by atoms with van der Waals surface area (Å²) in [5, 5.41) is 0. The fraction of sp³-hybridized carbons (Fsp3) is 0.368. The Morgan fingerprint density at radius 2 is 1.55 bits per heavy atom. The van der Waals surface area contributed by atoms with Crippen LogP contribution in [0.4, 0.5) is 0 Å². The van der Waals surface area contributed by atoms with Gasteiger partial charge in [0.2, 0.25) is 0 Å². The zero-order valence-corrected chi connectivity index (χ0v) is 12.2. The molecule has 2 N–H and O–H groups in total. The average molecular weight is 265 g/mol. The molecule has 0 saturated heterocycles. The SMILES string of the molecule is CC(c1ccccc1)C(N)c1ccc2c(c1)CCCC2. The van der Waals surface area contributed by atoms with Crippen LogP contribution in [-0.2, 0) is 12.8 Å². The Morgan fingerprint density at radius 3 is 2.30 bits per heavy atom. The highest BCUT2D eigenvalue weighted by Crippen LogP contribution is 2.31. The van der Waals surface area contributed by atoms with Gasteiger partial charge >= 0.3 is 0 Å². The smallest absolute Gasteiger partial charge is 0.0361 e. The molecule has 1 nitrogen and oxygen atoms in total. The van der Waals surface area contributed by atoms with Gasteiger partial charge in [0.05, 0.1) is 0 Å². The second kappa shape index (κ2) is 5.80. The van der Waals surface area contributed by atoms with Gasteiger partial charge in [0.25, 0.3) is 0 Å². The molecule has 0 fully saturated rings. The molecule has 2 aromatic carbocycles. The van der Waals surface area contributed by atoms with Crippen LogP contribution in [0.3, 0.4) is 0 Å². The van der Waals surface area contributed by atoms with Crippen LogP contribution in [0.5, 0.6) is 0 Å². The molecule has 2 unspecified atom stereocenters. The maximum absolute atomic E-state index is 6.50. The highest BCUT2D eigenvalue weighted by molar-refractivity contribution is 5.36. The van der Waals surface area contributed by atoms with Gasteiger partial charge in [-0.15, -0.1) is 0 Å². The Labute approximate surface area is 121 Å². The molecule has 104 valence electrons. The van der Waals surface area contributed by atoms with Crippen molar-refractivity contribution in [2.24, 2.45) is 5.73 Å². The molecule has 3 rings (SSSR count). The van der Waals surface area contributed by atoms with E-state index >= 15 is 0 Å². The summed E-state index contributed by atoms with van der Waals surface area (Å²) in [6.45, 7) is 2.22. The molecule has 1 aliphatic carbocycles. The van der Waals surface area contributed by atoms with Gasteiger partial charge in [-0.05, 0) is 47.9 Å². The quantitative estimate of drug-likeness (QED) is 0.876. The van der Waals surface area contributed by atoms with Gasteiger partial charge in [0, 0.05) is 12.0 Å². The molecule has 20 heavy (non-hydrogen) atoms. The molecular formula is C19H23N. The highest BCUT2D eigenvalue weighted by Gasteiger charge is 2.18. The summed E-state index contributed by atoms with van der Waals surface area (Å²) in [5.74, 6) is 0.345. The largest absolute Gasteiger partial charge is 0.323 e. The third kappa shape index (κ3) is 2.64. The second-order valence-corrected chi connectivity index (χ2v) is 5.96. The van der Waals surface area contributed by atoms with E-state index in [-0.39, 0.29) is 6.04 Å². The molecule has 0 radical (unpaired) electrons. The van der Waals surface area contributed by atoms with E-state index in [4.69, 9.17) is 5.73 Å². The average Bonchev–Trinajstić information content (AvgIpc) is 2.54. The Morgan fingerprint density at radius 1 is 0.850 bits per heavy atom. The third-order valence-electron chi connectivity index (χ3n) is 4.62. The molecule has 0 spiro atoms. The number of hydrogen-bond acceptors (Lipinski definition) is 1. The maximum atomic E-state index is 6.50. The van der Waals surface area contributed by atoms with Crippen LogP contribution in [0.25, 0.3) is 0 Å². The van der Waals surface area contributed by atoms with E-state index in [1.807, 2.05) is 0 Å². The first-order chi connectivity index (χ1) is 9.75. The zero-order chi connectivity index (χ0) is 13.9. The number of fused-ring (bicyclic) bond motifs is 1. The van der Waals surface area contributed by atoms with Crippen molar-refractivity contribution >= 4 is 0 Å². The number of aryl methyl sites for hydroxylation is 2. The van der Waals surface area contributed by atoms with Gasteiger partial charge in [0.15, 0.2) is 0 Å². The van der Waals surface area contributed by atoms with Gasteiger partial charge in [-0.1, -0.05) is 55.5 Å². The van der Waals surface area contributed by atoms with Gasteiger partial charge in [-0.2, -0.15) is 0 Å². The van der Waals surface area contributed by atoms with E-state index in [1.54, 1.807) is 0 Å². The van der Waals surface area contributed by atoms with Gasteiger partial charge in [-0.25, -0.2) is 0 Å². The van der Waals surface area contributed by atoms with Crippen molar-refractivity contribution in [3.05, 3.63) is 70.8 Å². The molecule has 0 amide bonds. The molecule has 0 heterocycles. The van der Waals surface area contributed by atoms with Crippen molar-refractivity contribution in [2.75, 3.05) is 0 Å². The lowest BCUT2D eigenvalue weighted by molar-refractivity contribution is 0.594. The van der Waals surface area contributed by atoms with Crippen molar-refractivity contribution in [3.63, 3.8) is 0 Å². The standard InChI is InChI=1S/C19H23N/c1-14(15-7-3-2-4-8-15)19(20)18-12-11-16-9-5-6-10-17(16)13-18/h2-4,7-8,11-14,19H,5-6,9-10,20H2,1H3. The third-order valence-corrected chi connectivity index (χ3v) is 4.62. The van der Waals surface area contributed by atoms with Crippen LogP contribution in [0.15, 0.2) is 48.5 Å². The summed E-state index contributed by atoms with van der Waals surface area (Å²) >= 11 is 0. The molecule has 2 aromatic rings. The minimum atomic E-state index is 0.0737. The van der Waals surface area contributed by atoms with Gasteiger partial charge in [-0.3, -0.25) is 0 Å². The normalized spacial score (nSPS) is 17.3. The lowest BCUT2D eigenvalue weighted by atomic mass is 9.85. The summed E-state index contributed by atoms with van der Waals surface area (Å²) in [6.07, 6.45) is 5.10. The molecule has 1 heteroatoms. The number of rotatable bonds is 3. The first-order valence-electron chi connectivity index (χ1n) is 7.68. The maximum Gasteiger partial charge on any atom is 0.0361 e. The fourth-order valence-electron chi connectivity index (χ4n) is 3.21. The molecular weight excluding hydrogens is 242 g/mol. The number of nitrogens with two attached hydrogens (primary N) is 1. The van der Waals surface area contributed by atoms with Crippen LogP contribution in [0.2, 0.25) is 0 Å². The van der Waals surface area contributed by atoms with Gasteiger partial charge < -0.3 is 5.73 Å². The highest BCUT2D eigenvalue weighted by atomic mass is 14.6. The molecule has 0 saturated carbocycles. The van der Waals surface area contributed by atoms with Crippen molar-refractivity contribution < 1.29 is 0 Å². The minimum absolute atomic E-state index is 0.0737. The second-order valence-electron chi connectivity index (χ2n) is 5.96. The number of benzene rings is 2. The van der Waals surface area contributed by atoms with Crippen molar-refractivity contribution in [2.45, 2.75) is 44.6 Å². The van der Waals surface area contributed by atoms with E-state index < -0.39 is 0 Å². The Balaban J connectivity index is 1.85. The molecule has 2 atom stereocenters. The zero-order valence-electron chi connectivity index (χ0n) is 12.2. The Kier molecular flexibility index (Phi) is 3.88. The van der Waals surface area contributed by atoms with E-state index in [9.17, 15) is 0 Å². The number of hydrogen-bond donors (Lipinski definition) is 1. The van der Waals surface area contributed by atoms with Crippen LogP contribution in [0, 0.1) is 0 Å². The first kappa shape index (κ1) is 13.4. The Hall–Kier alpha value is -1.60. The van der Waals surface area contributed by atoms with Crippen LogP contribution in [-0.4, -0.2) is 0 Å². The lowest BCUT2D eigenvalue weighted by Crippen LogP contribution is -2.18. The topological polar surface area (TPSA) is 26.0 Å². The molecule has 0 aromatic heterocycles. The minimum Gasteiger partial charge on any atom is -0.323 e. The monoisotopic (exact) mass is 265 g/mol. The predicted molar refractivity (Wildman–Crippen MR) is 84.9 cm³/mol. The lowest BCUT2D eigenvalue weighted by Gasteiger charge is -2.23. The van der Waals surface area contributed by atoms with E-state index in [0.717, 1.165) is 0 Å². The Bertz CT molecular complexity index is 574. The van der Waals surface area contributed by atoms with Crippen LogP contribution >= 0.6 is 0 Å². The van der Waals surface area contributed by atoms with E-state index in [0.29, 0.717) is 5.92 Å². The summed E-state index contributed by atoms with van der Waals surface area (Å²) in [7, 11) is 0. The predicted octanol–water partition coefficient (Wildman–Crippen LogP) is 4.37. The summed E-state index contributed by atoms with van der Waals surface area (Å²) < 4.78 is 0.